The van der Waals surface area contributed by atoms with Crippen LogP contribution in [0.4, 0.5) is 22.0 Å². The number of aryl methyl sites for hydroxylation is 1. The zero-order valence-electron chi connectivity index (χ0n) is 30.9. The molecule has 0 atom stereocenters. The maximum absolute atomic E-state index is 14.3. The highest BCUT2D eigenvalue weighted by Gasteiger charge is 2.30. The molecular weight excluding hydrogens is 764 g/mol. The third-order valence-corrected chi connectivity index (χ3v) is 9.78. The fraction of sp³-hybridized carbons (Fsp3) is 0.0435. The molecule has 4 aromatic heterocycles. The summed E-state index contributed by atoms with van der Waals surface area (Å²) < 4.78 is 81.3. The van der Waals surface area contributed by atoms with Crippen molar-refractivity contribution in [3.05, 3.63) is 181 Å². The topological polar surface area (TPSA) is 87.7 Å². The molecule has 0 N–H and O–H groups in total. The highest BCUT2D eigenvalue weighted by molar-refractivity contribution is 5.95. The predicted octanol–water partition coefficient (Wildman–Crippen LogP) is 12.3. The molecule has 0 fully saturated rings. The van der Waals surface area contributed by atoms with Gasteiger partial charge in [0.15, 0.2) is 11.5 Å². The fourth-order valence-electron chi connectivity index (χ4n) is 6.81. The fourth-order valence-corrected chi connectivity index (χ4v) is 6.81. The van der Waals surface area contributed by atoms with Gasteiger partial charge in [0.1, 0.15) is 34.0 Å². The monoisotopic (exact) mass is 792 g/mol. The van der Waals surface area contributed by atoms with E-state index in [9.17, 15) is 22.0 Å². The van der Waals surface area contributed by atoms with Crippen molar-refractivity contribution in [2.75, 3.05) is 0 Å². The first-order valence-corrected chi connectivity index (χ1v) is 18.2. The molecule has 0 radical (unpaired) electrons. The lowest BCUT2D eigenvalue weighted by Crippen LogP contribution is -2.03. The lowest BCUT2D eigenvalue weighted by Gasteiger charge is -2.09. The molecule has 59 heavy (non-hydrogen) atoms. The maximum Gasteiger partial charge on any atom is 0.416 e. The molecule has 10 aromatic rings. The Hall–Kier alpha value is -7.67. The van der Waals surface area contributed by atoms with Crippen molar-refractivity contribution in [3.8, 4) is 56.5 Å². The van der Waals surface area contributed by atoms with Crippen LogP contribution in [-0.2, 0) is 6.18 Å². The van der Waals surface area contributed by atoms with Crippen LogP contribution in [-0.4, -0.2) is 29.9 Å². The number of hydrogen-bond acceptors (Lipinski definition) is 6. The molecule has 0 aliphatic rings. The van der Waals surface area contributed by atoms with Crippen LogP contribution in [0.25, 0.3) is 78.3 Å². The normalized spacial score (nSPS) is 11.6. The lowest BCUT2D eigenvalue weighted by atomic mass is 10.0. The van der Waals surface area contributed by atoms with E-state index in [1.165, 1.54) is 34.5 Å². The highest BCUT2D eigenvalue weighted by Crippen LogP contribution is 2.36. The standard InChI is InChI=1S/C23H13F4N3O.C23H16FN3O/c24-18-3-1-2-4-21(18)30-20(11-12-28-30)15-7-10-19-17(13-15)22(31-29-19)14-5-8-16(9-6-14)23(25,26)27;1-15-6-8-16(9-7-15)23-18-14-17(10-11-20(18)26-28-23)21-12-13-25-27(21)22-5-3-2-4-19(22)24/h1-13H;2-14H,1H3. The molecule has 6 aromatic carbocycles. The van der Waals surface area contributed by atoms with Crippen molar-refractivity contribution in [2.24, 2.45) is 0 Å². The van der Waals surface area contributed by atoms with E-state index >= 15 is 0 Å². The molecule has 0 spiro atoms. The van der Waals surface area contributed by atoms with Gasteiger partial charge >= 0.3 is 6.18 Å². The van der Waals surface area contributed by atoms with Crippen molar-refractivity contribution in [3.63, 3.8) is 0 Å². The highest BCUT2D eigenvalue weighted by atomic mass is 19.4. The summed E-state index contributed by atoms with van der Waals surface area (Å²) in [7, 11) is 0. The Balaban J connectivity index is 0.000000153. The first-order valence-electron chi connectivity index (χ1n) is 18.2. The Morgan fingerprint density at radius 2 is 0.915 bits per heavy atom. The van der Waals surface area contributed by atoms with E-state index in [0.717, 1.165) is 45.4 Å². The van der Waals surface area contributed by atoms with Crippen LogP contribution < -0.4 is 0 Å². The zero-order valence-corrected chi connectivity index (χ0v) is 30.9. The van der Waals surface area contributed by atoms with Crippen molar-refractivity contribution in [1.29, 1.82) is 0 Å². The van der Waals surface area contributed by atoms with Crippen LogP contribution in [0.5, 0.6) is 0 Å². The summed E-state index contributed by atoms with van der Waals surface area (Å²) >= 11 is 0. The first-order chi connectivity index (χ1) is 28.6. The molecule has 8 nitrogen and oxygen atoms in total. The Kier molecular flexibility index (Phi) is 9.40. The SMILES string of the molecule is Cc1ccc(-c2onc3ccc(-c4ccnn4-c4ccccc4F)cc23)cc1.Fc1ccccc1-n1nccc1-c1ccc2noc(-c3ccc(C(F)(F)F)cc3)c2c1. The summed E-state index contributed by atoms with van der Waals surface area (Å²) in [6, 6.07) is 40.5. The summed E-state index contributed by atoms with van der Waals surface area (Å²) in [5, 5.41) is 18.3. The van der Waals surface area contributed by atoms with E-state index in [1.54, 1.807) is 77.7 Å². The Labute approximate surface area is 332 Å². The summed E-state index contributed by atoms with van der Waals surface area (Å²) in [5.74, 6) is 0.333. The smallest absolute Gasteiger partial charge is 0.355 e. The number of para-hydroxylation sites is 2. The van der Waals surface area contributed by atoms with Gasteiger partial charge in [-0.15, -0.1) is 0 Å². The average molecular weight is 793 g/mol. The lowest BCUT2D eigenvalue weighted by molar-refractivity contribution is -0.137. The minimum atomic E-state index is -4.42. The summed E-state index contributed by atoms with van der Waals surface area (Å²) in [6.45, 7) is 2.05. The van der Waals surface area contributed by atoms with Crippen molar-refractivity contribution in [1.82, 2.24) is 29.9 Å². The quantitative estimate of drug-likeness (QED) is 0.156. The molecular formula is C46H29F5N6O2. The maximum atomic E-state index is 14.3. The van der Waals surface area contributed by atoms with Crippen LogP contribution in [0.3, 0.4) is 0 Å². The Morgan fingerprint density at radius 1 is 0.492 bits per heavy atom. The van der Waals surface area contributed by atoms with Crippen LogP contribution in [0.15, 0.2) is 167 Å². The summed E-state index contributed by atoms with van der Waals surface area (Å²) in [6.07, 6.45) is -1.18. The van der Waals surface area contributed by atoms with Gasteiger partial charge in [0, 0.05) is 22.3 Å². The number of rotatable bonds is 6. The van der Waals surface area contributed by atoms with Crippen LogP contribution >= 0.6 is 0 Å². The van der Waals surface area contributed by atoms with Crippen LogP contribution in [0.1, 0.15) is 11.1 Å². The number of nitrogens with zero attached hydrogens (tertiary/aromatic N) is 6. The van der Waals surface area contributed by atoms with E-state index in [4.69, 9.17) is 9.05 Å². The second-order valence-electron chi connectivity index (χ2n) is 13.6. The molecule has 0 saturated heterocycles. The zero-order chi connectivity index (χ0) is 40.7. The third kappa shape index (κ3) is 7.14. The van der Waals surface area contributed by atoms with Gasteiger partial charge in [-0.2, -0.15) is 23.4 Å². The van der Waals surface area contributed by atoms with E-state index < -0.39 is 17.6 Å². The molecule has 4 heterocycles. The van der Waals surface area contributed by atoms with Gasteiger partial charge in [-0.05, 0) is 79.7 Å². The number of fused-ring (bicyclic) bond motifs is 2. The molecule has 0 saturated carbocycles. The second kappa shape index (κ2) is 15.0. The molecule has 13 heteroatoms. The average Bonchev–Trinajstić information content (AvgIpc) is 4.08. The largest absolute Gasteiger partial charge is 0.416 e. The molecule has 0 unspecified atom stereocenters. The van der Waals surface area contributed by atoms with Crippen molar-refractivity contribution >= 4 is 21.8 Å². The van der Waals surface area contributed by atoms with Gasteiger partial charge in [-0.3, -0.25) is 0 Å². The minimum Gasteiger partial charge on any atom is -0.355 e. The molecule has 0 bridgehead atoms. The number of hydrogen-bond donors (Lipinski definition) is 0. The van der Waals surface area contributed by atoms with Crippen LogP contribution in [0.2, 0.25) is 0 Å². The number of benzene rings is 6. The molecule has 0 aliphatic heterocycles. The van der Waals surface area contributed by atoms with E-state index in [-0.39, 0.29) is 5.82 Å². The molecule has 0 aliphatic carbocycles. The first kappa shape index (κ1) is 36.9. The third-order valence-electron chi connectivity index (χ3n) is 9.78. The van der Waals surface area contributed by atoms with Gasteiger partial charge in [0.2, 0.25) is 0 Å². The van der Waals surface area contributed by atoms with Gasteiger partial charge in [-0.25, -0.2) is 18.1 Å². The van der Waals surface area contributed by atoms with Gasteiger partial charge in [-0.1, -0.05) is 88.7 Å². The summed E-state index contributed by atoms with van der Waals surface area (Å²) in [4.78, 5) is 0. The summed E-state index contributed by atoms with van der Waals surface area (Å²) in [5.41, 5.74) is 6.98. The van der Waals surface area contributed by atoms with E-state index in [2.05, 4.69) is 20.5 Å². The van der Waals surface area contributed by atoms with Gasteiger partial charge in [0.05, 0.1) is 40.1 Å². The molecule has 10 rings (SSSR count). The predicted molar refractivity (Wildman–Crippen MR) is 214 cm³/mol. The minimum absolute atomic E-state index is 0.302. The van der Waals surface area contributed by atoms with E-state index in [0.29, 0.717) is 45.1 Å². The van der Waals surface area contributed by atoms with Gasteiger partial charge in [0.25, 0.3) is 0 Å². The number of alkyl halides is 3. The van der Waals surface area contributed by atoms with Crippen LogP contribution in [0, 0.1) is 18.6 Å². The van der Waals surface area contributed by atoms with E-state index in [1.807, 2.05) is 55.5 Å². The number of halogens is 5. The Morgan fingerprint density at radius 3 is 1.36 bits per heavy atom. The van der Waals surface area contributed by atoms with Crippen molar-refractivity contribution < 1.29 is 31.0 Å². The number of aromatic nitrogens is 6. The molecule has 290 valence electrons. The second-order valence-corrected chi connectivity index (χ2v) is 13.6. The molecule has 0 amide bonds. The van der Waals surface area contributed by atoms with Crippen molar-refractivity contribution in [2.45, 2.75) is 13.1 Å². The van der Waals surface area contributed by atoms with Gasteiger partial charge < -0.3 is 9.05 Å². The Bertz CT molecular complexity index is 3090.